The zero-order chi connectivity index (χ0) is 12.8. The molecule has 0 atom stereocenters. The van der Waals surface area contributed by atoms with Gasteiger partial charge in [0, 0.05) is 13.1 Å². The smallest absolute Gasteiger partial charge is 0.133 e. The summed E-state index contributed by atoms with van der Waals surface area (Å²) in [6.07, 6.45) is 7.60. The van der Waals surface area contributed by atoms with E-state index in [2.05, 4.69) is 44.5 Å². The van der Waals surface area contributed by atoms with Gasteiger partial charge in [0.1, 0.15) is 4.32 Å². The molecule has 96 valence electrons. The lowest BCUT2D eigenvalue weighted by Crippen LogP contribution is -2.28. The van der Waals surface area contributed by atoms with Crippen LogP contribution in [0.1, 0.15) is 52.4 Å². The van der Waals surface area contributed by atoms with E-state index < -0.39 is 0 Å². The van der Waals surface area contributed by atoms with Crippen LogP contribution in [0.25, 0.3) is 0 Å². The molecule has 0 rings (SSSR count). The molecular formula is C13H27NS2. The molecular weight excluding hydrogens is 234 g/mol. The Bertz CT molecular complexity index is 150. The van der Waals surface area contributed by atoms with E-state index in [0.29, 0.717) is 0 Å². The van der Waals surface area contributed by atoms with Gasteiger partial charge in [-0.2, -0.15) is 0 Å². The number of thiol groups is 1. The summed E-state index contributed by atoms with van der Waals surface area (Å²) in [7, 11) is 0. The van der Waals surface area contributed by atoms with Crippen molar-refractivity contribution >= 4 is 29.2 Å². The number of thiocarbonyl (C=S) groups is 1. The number of hydrogen-bond donors (Lipinski definition) is 1. The summed E-state index contributed by atoms with van der Waals surface area (Å²) in [4.78, 5) is 2.23. The average molecular weight is 261 g/mol. The van der Waals surface area contributed by atoms with Gasteiger partial charge in [0.15, 0.2) is 0 Å². The van der Waals surface area contributed by atoms with Gasteiger partial charge in [-0.25, -0.2) is 0 Å². The average Bonchev–Trinajstić information content (AvgIpc) is 2.30. The number of nitrogens with zero attached hydrogens (tertiary/aromatic N) is 1. The second kappa shape index (κ2) is 15.0. The Morgan fingerprint density at radius 2 is 1.38 bits per heavy atom. The molecule has 0 aromatic heterocycles. The quantitative estimate of drug-likeness (QED) is 0.292. The third kappa shape index (κ3) is 12.1. The molecule has 0 bridgehead atoms. The molecule has 0 aliphatic carbocycles. The van der Waals surface area contributed by atoms with Crippen molar-refractivity contribution in [2.75, 3.05) is 13.1 Å². The summed E-state index contributed by atoms with van der Waals surface area (Å²) in [6, 6.07) is 0. The predicted molar refractivity (Wildman–Crippen MR) is 83.5 cm³/mol. The van der Waals surface area contributed by atoms with E-state index in [4.69, 9.17) is 12.2 Å². The Balaban J connectivity index is 0. The van der Waals surface area contributed by atoms with Crippen molar-refractivity contribution in [3.8, 4) is 0 Å². The third-order valence-corrected chi connectivity index (χ3v) is 2.87. The van der Waals surface area contributed by atoms with Gasteiger partial charge < -0.3 is 4.90 Å². The summed E-state index contributed by atoms with van der Waals surface area (Å²) in [6.45, 7) is 12.6. The minimum atomic E-state index is 0.761. The van der Waals surface area contributed by atoms with Crippen LogP contribution in [0.2, 0.25) is 0 Å². The van der Waals surface area contributed by atoms with Crippen molar-refractivity contribution in [1.29, 1.82) is 0 Å². The molecule has 3 heteroatoms. The molecule has 0 aliphatic rings. The van der Waals surface area contributed by atoms with Crippen molar-refractivity contribution in [3.05, 3.63) is 13.2 Å². The van der Waals surface area contributed by atoms with Crippen LogP contribution in [0, 0.1) is 0 Å². The number of rotatable bonds is 8. The number of hydrogen-bond acceptors (Lipinski definition) is 1. The minimum absolute atomic E-state index is 0.761. The summed E-state index contributed by atoms with van der Waals surface area (Å²) in [5, 5.41) is 0. The van der Waals surface area contributed by atoms with Gasteiger partial charge >= 0.3 is 0 Å². The lowest BCUT2D eigenvalue weighted by Gasteiger charge is -2.22. The Morgan fingerprint density at radius 3 is 1.62 bits per heavy atom. The van der Waals surface area contributed by atoms with Crippen molar-refractivity contribution in [3.63, 3.8) is 0 Å². The summed E-state index contributed by atoms with van der Waals surface area (Å²) >= 11 is 9.36. The fourth-order valence-corrected chi connectivity index (χ4v) is 1.79. The molecule has 0 saturated heterocycles. The van der Waals surface area contributed by atoms with E-state index in [1.165, 1.54) is 38.5 Å². The molecule has 0 radical (unpaired) electrons. The first-order valence-corrected chi connectivity index (χ1v) is 7.05. The first kappa shape index (κ1) is 18.3. The van der Waals surface area contributed by atoms with Crippen LogP contribution in [-0.2, 0) is 0 Å². The Hall–Kier alpha value is -0.0200. The minimum Gasteiger partial charge on any atom is -0.358 e. The molecule has 0 N–H and O–H groups in total. The zero-order valence-corrected chi connectivity index (χ0v) is 12.6. The SMILES string of the molecule is C=C.CCCCCN(CCCCC)C(=S)S. The zero-order valence-electron chi connectivity index (χ0n) is 10.9. The van der Waals surface area contributed by atoms with E-state index in [1.54, 1.807) is 0 Å². The molecule has 0 heterocycles. The maximum Gasteiger partial charge on any atom is 0.133 e. The van der Waals surface area contributed by atoms with Crippen LogP contribution in [0.15, 0.2) is 13.2 Å². The summed E-state index contributed by atoms with van der Waals surface area (Å²) in [5.41, 5.74) is 0. The molecule has 0 aliphatic heterocycles. The molecule has 1 nitrogen and oxygen atoms in total. The van der Waals surface area contributed by atoms with Crippen LogP contribution < -0.4 is 0 Å². The second-order valence-electron chi connectivity index (χ2n) is 3.68. The van der Waals surface area contributed by atoms with Crippen molar-refractivity contribution < 1.29 is 0 Å². The molecule has 0 fully saturated rings. The topological polar surface area (TPSA) is 3.24 Å². The van der Waals surface area contributed by atoms with Crippen LogP contribution in [0.3, 0.4) is 0 Å². The summed E-state index contributed by atoms with van der Waals surface area (Å²) < 4.78 is 0.761. The fraction of sp³-hybridized carbons (Fsp3) is 0.769. The number of unbranched alkanes of at least 4 members (excludes halogenated alkanes) is 4. The normalized spacial score (nSPS) is 9.19. The monoisotopic (exact) mass is 261 g/mol. The largest absolute Gasteiger partial charge is 0.358 e. The van der Waals surface area contributed by atoms with Gasteiger partial charge in [0.05, 0.1) is 0 Å². The second-order valence-corrected chi connectivity index (χ2v) is 4.80. The molecule has 16 heavy (non-hydrogen) atoms. The molecule has 0 spiro atoms. The molecule has 0 aromatic rings. The molecule has 0 unspecified atom stereocenters. The Morgan fingerprint density at radius 1 is 1.00 bits per heavy atom. The van der Waals surface area contributed by atoms with E-state index in [9.17, 15) is 0 Å². The van der Waals surface area contributed by atoms with Crippen LogP contribution in [0.4, 0.5) is 0 Å². The van der Waals surface area contributed by atoms with Crippen molar-refractivity contribution in [1.82, 2.24) is 4.90 Å². The maximum absolute atomic E-state index is 5.11. The van der Waals surface area contributed by atoms with E-state index >= 15 is 0 Å². The van der Waals surface area contributed by atoms with E-state index in [1.807, 2.05) is 0 Å². The third-order valence-electron chi connectivity index (χ3n) is 2.33. The molecule has 0 aromatic carbocycles. The first-order chi connectivity index (χ1) is 7.72. The van der Waals surface area contributed by atoms with Gasteiger partial charge in [0.2, 0.25) is 0 Å². The predicted octanol–water partition coefficient (Wildman–Crippen LogP) is 4.69. The molecule has 0 saturated carbocycles. The lowest BCUT2D eigenvalue weighted by molar-refractivity contribution is 0.402. The van der Waals surface area contributed by atoms with E-state index in [-0.39, 0.29) is 0 Å². The first-order valence-electron chi connectivity index (χ1n) is 6.20. The highest BCUT2D eigenvalue weighted by molar-refractivity contribution is 8.10. The maximum atomic E-state index is 5.11. The molecule has 0 amide bonds. The highest BCUT2D eigenvalue weighted by Crippen LogP contribution is 2.05. The van der Waals surface area contributed by atoms with Crippen molar-refractivity contribution in [2.45, 2.75) is 52.4 Å². The Labute approximate surface area is 113 Å². The van der Waals surface area contributed by atoms with Crippen LogP contribution >= 0.6 is 24.8 Å². The van der Waals surface area contributed by atoms with E-state index in [0.717, 1.165) is 17.4 Å². The highest BCUT2D eigenvalue weighted by atomic mass is 32.1. The van der Waals surface area contributed by atoms with Crippen LogP contribution in [-0.4, -0.2) is 22.3 Å². The van der Waals surface area contributed by atoms with Gasteiger partial charge in [-0.3, -0.25) is 0 Å². The Kier molecular flexibility index (Phi) is 17.2. The summed E-state index contributed by atoms with van der Waals surface area (Å²) in [5.74, 6) is 0. The van der Waals surface area contributed by atoms with Gasteiger partial charge in [0.25, 0.3) is 0 Å². The van der Waals surface area contributed by atoms with Gasteiger partial charge in [-0.05, 0) is 12.8 Å². The fourth-order valence-electron chi connectivity index (χ4n) is 1.41. The standard InChI is InChI=1S/C11H23NS2.C2H4/c1-3-5-7-9-12(11(13)14)10-8-6-4-2;1-2/h3-10H2,1-2H3,(H,13,14);1-2H2. The van der Waals surface area contributed by atoms with Crippen LogP contribution in [0.5, 0.6) is 0 Å². The van der Waals surface area contributed by atoms with Crippen molar-refractivity contribution in [2.24, 2.45) is 0 Å². The van der Waals surface area contributed by atoms with Gasteiger partial charge in [-0.15, -0.1) is 25.8 Å². The van der Waals surface area contributed by atoms with Gasteiger partial charge in [-0.1, -0.05) is 51.7 Å². The highest BCUT2D eigenvalue weighted by Gasteiger charge is 2.04. The lowest BCUT2D eigenvalue weighted by atomic mass is 10.2.